The predicted octanol–water partition coefficient (Wildman–Crippen LogP) is 3.82. The zero-order chi connectivity index (χ0) is 21.7. The molecule has 166 valence electrons. The molecule has 2 aliphatic rings. The number of halogens is 1. The third kappa shape index (κ3) is 3.30. The quantitative estimate of drug-likeness (QED) is 0.500. The van der Waals surface area contributed by atoms with Crippen molar-refractivity contribution in [2.75, 3.05) is 26.3 Å². The smallest absolute Gasteiger partial charge is 0.230 e. The molecule has 0 amide bonds. The molecule has 1 aromatic carbocycles. The van der Waals surface area contributed by atoms with Gasteiger partial charge in [-0.2, -0.15) is 9.50 Å². The van der Waals surface area contributed by atoms with Crippen LogP contribution in [0.2, 0.25) is 0 Å². The van der Waals surface area contributed by atoms with Crippen LogP contribution < -0.4 is 0 Å². The molecule has 0 aliphatic carbocycles. The molecule has 10 heteroatoms. The first kappa shape index (κ1) is 19.9. The van der Waals surface area contributed by atoms with E-state index in [4.69, 9.17) is 13.9 Å². The summed E-state index contributed by atoms with van der Waals surface area (Å²) in [6.07, 6.45) is 3.02. The summed E-state index contributed by atoms with van der Waals surface area (Å²) in [7, 11) is 0. The van der Waals surface area contributed by atoms with Gasteiger partial charge in [0.25, 0.3) is 0 Å². The number of nitrogens with zero attached hydrogens (tertiary/aromatic N) is 4. The molecule has 2 saturated heterocycles. The summed E-state index contributed by atoms with van der Waals surface area (Å²) in [6.45, 7) is 2.67. The van der Waals surface area contributed by atoms with Crippen molar-refractivity contribution in [3.8, 4) is 17.5 Å². The summed E-state index contributed by atoms with van der Waals surface area (Å²) < 4.78 is 32.2. The van der Waals surface area contributed by atoms with E-state index in [1.807, 2.05) is 0 Å². The molecule has 4 aromatic rings. The van der Waals surface area contributed by atoms with E-state index < -0.39 is 5.79 Å². The third-order valence-electron chi connectivity index (χ3n) is 6.11. The average molecular weight is 456 g/mol. The molecule has 3 aromatic heterocycles. The third-order valence-corrected chi connectivity index (χ3v) is 7.19. The van der Waals surface area contributed by atoms with E-state index in [9.17, 15) is 9.50 Å². The van der Waals surface area contributed by atoms with Gasteiger partial charge in [0.2, 0.25) is 16.7 Å². The minimum absolute atomic E-state index is 0.0262. The summed E-state index contributed by atoms with van der Waals surface area (Å²) in [4.78, 5) is 8.07. The molecule has 1 atom stereocenters. The van der Waals surface area contributed by atoms with Crippen LogP contribution in [-0.4, -0.2) is 56.7 Å². The molecule has 8 nitrogen and oxygen atoms in total. The summed E-state index contributed by atoms with van der Waals surface area (Å²) in [5.41, 5.74) is 0.890. The van der Waals surface area contributed by atoms with Crippen molar-refractivity contribution in [3.63, 3.8) is 0 Å². The second-order valence-corrected chi connectivity index (χ2v) is 9.00. The largest absolute Gasteiger partial charge is 0.492 e. The highest BCUT2D eigenvalue weighted by molar-refractivity contribution is 7.17. The van der Waals surface area contributed by atoms with Gasteiger partial charge < -0.3 is 19.0 Å². The molecular formula is C22H21FN4O4S. The number of piperidine rings is 1. The molecule has 0 unspecified atom stereocenters. The standard InChI is InChI=1S/C22H21FN4O4S/c23-15-5-3-14(4-6-15)17(26-9-7-22(8-10-26)30-12-13-31-22)18-20(28)27-21(32-18)24-19(25-27)16-2-1-11-29-16/h1-6,11,17,28H,7-10,12-13H2/t17-/m1/s1. The van der Waals surface area contributed by atoms with Crippen LogP contribution in [0, 0.1) is 5.82 Å². The van der Waals surface area contributed by atoms with Gasteiger partial charge in [-0.3, -0.25) is 4.90 Å². The highest BCUT2D eigenvalue weighted by Gasteiger charge is 2.42. The van der Waals surface area contributed by atoms with E-state index in [0.29, 0.717) is 47.7 Å². The van der Waals surface area contributed by atoms with Gasteiger partial charge in [-0.1, -0.05) is 23.5 Å². The van der Waals surface area contributed by atoms with Crippen molar-refractivity contribution in [2.24, 2.45) is 0 Å². The van der Waals surface area contributed by atoms with Crippen molar-refractivity contribution in [1.82, 2.24) is 19.5 Å². The first-order chi connectivity index (χ1) is 15.6. The molecule has 0 radical (unpaired) electrons. The van der Waals surface area contributed by atoms with Crippen molar-refractivity contribution >= 4 is 16.3 Å². The Kier molecular flexibility index (Phi) is 4.76. The maximum Gasteiger partial charge on any atom is 0.230 e. The summed E-state index contributed by atoms with van der Waals surface area (Å²) in [5, 5.41) is 15.5. The monoisotopic (exact) mass is 456 g/mol. The number of ether oxygens (including phenoxy) is 2. The van der Waals surface area contributed by atoms with E-state index in [2.05, 4.69) is 15.0 Å². The molecular weight excluding hydrogens is 435 g/mol. The molecule has 2 aliphatic heterocycles. The fourth-order valence-corrected chi connectivity index (χ4v) is 5.64. The molecule has 1 N–H and O–H groups in total. The second-order valence-electron chi connectivity index (χ2n) is 7.99. The van der Waals surface area contributed by atoms with E-state index in [-0.39, 0.29) is 17.7 Å². The van der Waals surface area contributed by atoms with Crippen LogP contribution in [0.3, 0.4) is 0 Å². The van der Waals surface area contributed by atoms with Crippen LogP contribution in [0.5, 0.6) is 5.88 Å². The van der Waals surface area contributed by atoms with Crippen molar-refractivity contribution in [1.29, 1.82) is 0 Å². The van der Waals surface area contributed by atoms with Crippen LogP contribution in [-0.2, 0) is 9.47 Å². The lowest BCUT2D eigenvalue weighted by molar-refractivity contribution is -0.187. The van der Waals surface area contributed by atoms with Crippen molar-refractivity contribution in [3.05, 3.63) is 58.9 Å². The summed E-state index contributed by atoms with van der Waals surface area (Å²) in [5.74, 6) is 0.174. The molecule has 1 spiro atoms. The Labute approximate surface area is 186 Å². The Morgan fingerprint density at radius 1 is 1.09 bits per heavy atom. The van der Waals surface area contributed by atoms with Gasteiger partial charge in [-0.25, -0.2) is 4.39 Å². The lowest BCUT2D eigenvalue weighted by atomic mass is 9.97. The number of hydrogen-bond donors (Lipinski definition) is 1. The van der Waals surface area contributed by atoms with Crippen LogP contribution in [0.4, 0.5) is 4.39 Å². The van der Waals surface area contributed by atoms with Gasteiger partial charge in [-0.05, 0) is 29.8 Å². The van der Waals surface area contributed by atoms with Crippen LogP contribution >= 0.6 is 11.3 Å². The van der Waals surface area contributed by atoms with Gasteiger partial charge in [0.15, 0.2) is 11.5 Å². The number of thiazole rings is 1. The van der Waals surface area contributed by atoms with Crippen LogP contribution in [0.25, 0.3) is 16.5 Å². The Balaban J connectivity index is 1.37. The number of aromatic nitrogens is 3. The maximum atomic E-state index is 13.6. The minimum Gasteiger partial charge on any atom is -0.492 e. The lowest BCUT2D eigenvalue weighted by Gasteiger charge is -2.41. The number of hydrogen-bond acceptors (Lipinski definition) is 8. The Hall–Kier alpha value is -2.79. The van der Waals surface area contributed by atoms with Crippen molar-refractivity contribution < 1.29 is 23.4 Å². The SMILES string of the molecule is Oc1c([C@@H](c2ccc(F)cc2)N2CCC3(CC2)OCCO3)sc2nc(-c3ccco3)nn12. The zero-order valence-corrected chi connectivity index (χ0v) is 17.9. The molecule has 0 saturated carbocycles. The van der Waals surface area contributed by atoms with Crippen molar-refractivity contribution in [2.45, 2.75) is 24.7 Å². The first-order valence-electron chi connectivity index (χ1n) is 10.5. The van der Waals surface area contributed by atoms with E-state index in [0.717, 1.165) is 18.4 Å². The fourth-order valence-electron chi connectivity index (χ4n) is 4.52. The molecule has 5 heterocycles. The van der Waals surface area contributed by atoms with E-state index >= 15 is 0 Å². The van der Waals surface area contributed by atoms with Gasteiger partial charge in [0, 0.05) is 25.9 Å². The number of fused-ring (bicyclic) bond motifs is 1. The van der Waals surface area contributed by atoms with Crippen LogP contribution in [0.1, 0.15) is 29.3 Å². The average Bonchev–Trinajstić information content (AvgIpc) is 3.59. The molecule has 6 rings (SSSR count). The lowest BCUT2D eigenvalue weighted by Crippen LogP contribution is -2.46. The normalized spacial score (nSPS) is 19.8. The Morgan fingerprint density at radius 3 is 2.50 bits per heavy atom. The highest BCUT2D eigenvalue weighted by atomic mass is 32.1. The summed E-state index contributed by atoms with van der Waals surface area (Å²) >= 11 is 1.37. The van der Waals surface area contributed by atoms with E-state index in [1.54, 1.807) is 30.5 Å². The van der Waals surface area contributed by atoms with Crippen LogP contribution in [0.15, 0.2) is 47.1 Å². The van der Waals surface area contributed by atoms with Gasteiger partial charge in [-0.15, -0.1) is 5.10 Å². The number of aromatic hydroxyl groups is 1. The highest BCUT2D eigenvalue weighted by Crippen LogP contribution is 2.43. The maximum absolute atomic E-state index is 13.6. The van der Waals surface area contributed by atoms with Gasteiger partial charge in [0.1, 0.15) is 5.82 Å². The fraction of sp³-hybridized carbons (Fsp3) is 0.364. The summed E-state index contributed by atoms with van der Waals surface area (Å²) in [6, 6.07) is 9.68. The minimum atomic E-state index is -0.505. The topological polar surface area (TPSA) is 85.3 Å². The first-order valence-corrected chi connectivity index (χ1v) is 11.3. The molecule has 0 bridgehead atoms. The zero-order valence-electron chi connectivity index (χ0n) is 17.1. The number of benzene rings is 1. The van der Waals surface area contributed by atoms with Gasteiger partial charge >= 0.3 is 0 Å². The number of rotatable bonds is 4. The van der Waals surface area contributed by atoms with Gasteiger partial charge in [0.05, 0.1) is 30.4 Å². The number of furan rings is 1. The molecule has 32 heavy (non-hydrogen) atoms. The molecule has 2 fully saturated rings. The van der Waals surface area contributed by atoms with E-state index in [1.165, 1.54) is 28.0 Å². The second kappa shape index (κ2) is 7.66. The predicted molar refractivity (Wildman–Crippen MR) is 114 cm³/mol. The Bertz CT molecular complexity index is 1220. The number of likely N-dealkylation sites (tertiary alicyclic amines) is 1. The Morgan fingerprint density at radius 2 is 1.84 bits per heavy atom.